The number of carboxylic acid groups (broad SMARTS) is 1. The molecule has 47 heavy (non-hydrogen) atoms. The Kier molecular flexibility index (Phi) is 11.0. The van der Waals surface area contributed by atoms with Crippen molar-refractivity contribution < 1.29 is 23.1 Å². The van der Waals surface area contributed by atoms with Gasteiger partial charge in [0.1, 0.15) is 12.4 Å². The highest BCUT2D eigenvalue weighted by Gasteiger charge is 2.34. The van der Waals surface area contributed by atoms with E-state index in [1.54, 1.807) is 12.1 Å². The summed E-state index contributed by atoms with van der Waals surface area (Å²) in [6, 6.07) is 14.0. The van der Waals surface area contributed by atoms with E-state index in [0.717, 1.165) is 50.1 Å². The van der Waals surface area contributed by atoms with Crippen LogP contribution < -0.4 is 9.88 Å². The fourth-order valence-electron chi connectivity index (χ4n) is 7.30. The first-order valence-electron chi connectivity index (χ1n) is 17.0. The molecule has 1 saturated carbocycles. The molecule has 1 aliphatic carbocycles. The van der Waals surface area contributed by atoms with Gasteiger partial charge in [-0.05, 0) is 81.4 Å². The predicted octanol–water partition coefficient (Wildman–Crippen LogP) is 5.62. The molecule has 2 aliphatic rings. The number of carbonyl (C=O) groups is 1. The van der Waals surface area contributed by atoms with Crippen LogP contribution in [0.4, 0.5) is 0 Å². The van der Waals surface area contributed by atoms with Gasteiger partial charge in [0, 0.05) is 44.1 Å². The molecule has 0 unspecified atom stereocenters. The Morgan fingerprint density at radius 2 is 1.68 bits per heavy atom. The molecule has 0 bridgehead atoms. The molecule has 258 valence electrons. The van der Waals surface area contributed by atoms with Gasteiger partial charge in [-0.1, -0.05) is 57.4 Å². The van der Waals surface area contributed by atoms with Crippen LogP contribution in [0.1, 0.15) is 80.6 Å². The maximum Gasteiger partial charge on any atom is 0.336 e. The lowest BCUT2D eigenvalue weighted by Gasteiger charge is -2.37. The Labute approximate surface area is 280 Å². The van der Waals surface area contributed by atoms with E-state index in [4.69, 9.17) is 9.88 Å². The molecule has 1 aliphatic heterocycles. The second-order valence-corrected chi connectivity index (χ2v) is 16.2. The van der Waals surface area contributed by atoms with Crippen molar-refractivity contribution in [1.29, 1.82) is 0 Å². The molecule has 3 aromatic rings. The second kappa shape index (κ2) is 14.7. The molecule has 2 aromatic carbocycles. The number of fused-ring (bicyclic) bond motifs is 5. The van der Waals surface area contributed by atoms with Crippen LogP contribution in [0.2, 0.25) is 0 Å². The number of benzene rings is 2. The molecule has 0 radical (unpaired) electrons. The predicted molar refractivity (Wildman–Crippen MR) is 188 cm³/mol. The Balaban J connectivity index is 1.56. The summed E-state index contributed by atoms with van der Waals surface area (Å²) in [4.78, 5) is 17.4. The first-order valence-corrected chi connectivity index (χ1v) is 18.5. The van der Waals surface area contributed by atoms with Crippen molar-refractivity contribution in [2.24, 2.45) is 10.6 Å². The molecule has 11 heteroatoms. The molecule has 0 saturated heterocycles. The maximum absolute atomic E-state index is 12.7. The molecule has 1 aromatic heterocycles. The van der Waals surface area contributed by atoms with Gasteiger partial charge in [0.05, 0.1) is 22.9 Å². The summed E-state index contributed by atoms with van der Waals surface area (Å²) in [5, 5.41) is 17.0. The Morgan fingerprint density at radius 1 is 0.979 bits per heavy atom. The number of nitrogens with zero attached hydrogens (tertiary/aromatic N) is 4. The Morgan fingerprint density at radius 3 is 2.36 bits per heavy atom. The highest BCUT2D eigenvalue weighted by atomic mass is 32.2. The lowest BCUT2D eigenvalue weighted by molar-refractivity contribution is 0.0696. The smallest absolute Gasteiger partial charge is 0.336 e. The van der Waals surface area contributed by atoms with Gasteiger partial charge in [0.2, 0.25) is 0 Å². The number of rotatable bonds is 13. The number of likely N-dealkylation sites (N-methyl/N-ethyl adjacent to an activating group) is 1. The SMILES string of the molecule is CN(C)CCN(CCC(C)(C)CCN(C)S(N)(=O)=O)[C@H]1COc2cccc(C(=O)O)c2-c2c(C3CCCCC3)c3ccccc3n2C1. The third kappa shape index (κ3) is 8.20. The minimum atomic E-state index is -3.72. The number of aromatic nitrogens is 1. The zero-order chi connectivity index (χ0) is 33.9. The zero-order valence-corrected chi connectivity index (χ0v) is 29.6. The first kappa shape index (κ1) is 35.3. The van der Waals surface area contributed by atoms with Crippen LogP contribution in [0, 0.1) is 5.41 Å². The summed E-state index contributed by atoms with van der Waals surface area (Å²) in [6.07, 6.45) is 7.34. The van der Waals surface area contributed by atoms with Gasteiger partial charge >= 0.3 is 5.97 Å². The first-order chi connectivity index (χ1) is 22.3. The van der Waals surface area contributed by atoms with Crippen molar-refractivity contribution in [1.82, 2.24) is 18.7 Å². The molecule has 5 rings (SSSR count). The van der Waals surface area contributed by atoms with Crippen LogP contribution in [-0.4, -0.2) is 98.1 Å². The highest BCUT2D eigenvalue weighted by Crippen LogP contribution is 2.48. The van der Waals surface area contributed by atoms with Crippen LogP contribution in [0.5, 0.6) is 5.75 Å². The van der Waals surface area contributed by atoms with Crippen molar-refractivity contribution in [3.05, 3.63) is 53.6 Å². The quantitative estimate of drug-likeness (QED) is 0.243. The van der Waals surface area contributed by atoms with Crippen molar-refractivity contribution in [2.75, 3.05) is 53.9 Å². The maximum atomic E-state index is 12.7. The topological polar surface area (TPSA) is 121 Å². The van der Waals surface area contributed by atoms with Gasteiger partial charge in [0.15, 0.2) is 0 Å². The van der Waals surface area contributed by atoms with E-state index >= 15 is 0 Å². The average molecular weight is 668 g/mol. The van der Waals surface area contributed by atoms with E-state index in [9.17, 15) is 18.3 Å². The molecule has 1 atom stereocenters. The zero-order valence-electron chi connectivity index (χ0n) is 28.7. The molecule has 3 N–H and O–H groups in total. The molecular weight excluding hydrogens is 614 g/mol. The Hall–Kier alpha value is -2.96. The standard InChI is InChI=1S/C36H53N5O5S/c1-36(2,18-20-39(5)47(37,44)45)19-21-40(23-22-38(3)4)27-24-41-30-16-10-9-14-28(30)32(26-12-7-6-8-13-26)34(41)33-29(35(42)43)15-11-17-31(33)46-25-27/h9-11,14-17,26-27H,6-8,12-13,18-25H2,1-5H3,(H,42,43)(H2,37,44,45)/t27-/m1/s1. The normalized spacial score (nSPS) is 17.9. The summed E-state index contributed by atoms with van der Waals surface area (Å²) < 4.78 is 33.9. The van der Waals surface area contributed by atoms with Crippen LogP contribution in [-0.2, 0) is 16.8 Å². The summed E-state index contributed by atoms with van der Waals surface area (Å²) in [7, 11) is 1.96. The van der Waals surface area contributed by atoms with Gasteiger partial charge in [-0.2, -0.15) is 12.7 Å². The van der Waals surface area contributed by atoms with Crippen LogP contribution in [0.15, 0.2) is 42.5 Å². The lowest BCUT2D eigenvalue weighted by Crippen LogP contribution is -2.47. The lowest BCUT2D eigenvalue weighted by atomic mass is 9.81. The van der Waals surface area contributed by atoms with Gasteiger partial charge < -0.3 is 19.3 Å². The Bertz CT molecular complexity index is 1660. The number of nitrogens with two attached hydrogens (primary N) is 1. The number of aromatic carboxylic acids is 1. The van der Waals surface area contributed by atoms with E-state index in [0.29, 0.717) is 43.3 Å². The van der Waals surface area contributed by atoms with Crippen LogP contribution in [0.25, 0.3) is 22.2 Å². The molecule has 1 fully saturated rings. The highest BCUT2D eigenvalue weighted by molar-refractivity contribution is 7.86. The van der Waals surface area contributed by atoms with E-state index in [1.165, 1.54) is 41.6 Å². The summed E-state index contributed by atoms with van der Waals surface area (Å²) in [5.41, 5.74) is 4.24. The molecule has 10 nitrogen and oxygen atoms in total. The number of hydrogen-bond donors (Lipinski definition) is 2. The van der Waals surface area contributed by atoms with E-state index < -0.39 is 16.2 Å². The van der Waals surface area contributed by atoms with Gasteiger partial charge in [-0.3, -0.25) is 4.90 Å². The van der Waals surface area contributed by atoms with Crippen LogP contribution >= 0.6 is 0 Å². The minimum Gasteiger partial charge on any atom is -0.491 e. The van der Waals surface area contributed by atoms with Crippen LogP contribution in [0.3, 0.4) is 0 Å². The van der Waals surface area contributed by atoms with E-state index in [1.807, 2.05) is 6.07 Å². The van der Waals surface area contributed by atoms with Crippen molar-refractivity contribution in [3.8, 4) is 17.0 Å². The molecule has 0 spiro atoms. The summed E-state index contributed by atoms with van der Waals surface area (Å²) in [5.74, 6) is 0.0325. The largest absolute Gasteiger partial charge is 0.491 e. The molecule has 0 amide bonds. The monoisotopic (exact) mass is 667 g/mol. The van der Waals surface area contributed by atoms with E-state index in [2.05, 4.69) is 66.6 Å². The fraction of sp³-hybridized carbons (Fsp3) is 0.583. The van der Waals surface area contributed by atoms with Crippen molar-refractivity contribution >= 4 is 27.1 Å². The summed E-state index contributed by atoms with van der Waals surface area (Å²) >= 11 is 0. The second-order valence-electron chi connectivity index (χ2n) is 14.5. The number of para-hydroxylation sites is 1. The van der Waals surface area contributed by atoms with E-state index in [-0.39, 0.29) is 17.0 Å². The van der Waals surface area contributed by atoms with Gasteiger partial charge in [-0.25, -0.2) is 9.93 Å². The van der Waals surface area contributed by atoms with Crippen molar-refractivity contribution in [2.45, 2.75) is 77.3 Å². The third-order valence-corrected chi connectivity index (χ3v) is 11.4. The minimum absolute atomic E-state index is 0.0215. The number of hydrogen-bond acceptors (Lipinski definition) is 6. The average Bonchev–Trinajstić information content (AvgIpc) is 3.33. The van der Waals surface area contributed by atoms with Gasteiger partial charge in [-0.15, -0.1) is 0 Å². The fourth-order valence-corrected chi connectivity index (χ4v) is 7.65. The third-order valence-electron chi connectivity index (χ3n) is 10.3. The summed E-state index contributed by atoms with van der Waals surface area (Å²) in [6.45, 7) is 8.32. The molecular formula is C36H53N5O5S. The van der Waals surface area contributed by atoms with Gasteiger partial charge in [0.25, 0.3) is 10.2 Å². The molecule has 2 heterocycles. The van der Waals surface area contributed by atoms with Crippen molar-refractivity contribution in [3.63, 3.8) is 0 Å². The number of ether oxygens (including phenoxy) is 1. The number of carboxylic acids is 1.